The average Bonchev–Trinajstić information content (AvgIpc) is 3.11. The lowest BCUT2D eigenvalue weighted by Gasteiger charge is -2.11. The maximum atomic E-state index is 12.3. The normalized spacial score (nSPS) is 11.6. The second-order valence-electron chi connectivity index (χ2n) is 5.78. The molecular weight excluding hydrogens is 364 g/mol. The van der Waals surface area contributed by atoms with Gasteiger partial charge < -0.3 is 5.32 Å². The van der Waals surface area contributed by atoms with Crippen LogP contribution < -0.4 is 10.6 Å². The van der Waals surface area contributed by atoms with Crippen LogP contribution in [0, 0.1) is 6.92 Å². The van der Waals surface area contributed by atoms with Gasteiger partial charge in [0.25, 0.3) is 0 Å². The molecule has 1 unspecified atom stereocenters. The molecule has 0 aliphatic carbocycles. The number of tetrazole rings is 1. The van der Waals surface area contributed by atoms with Crippen molar-refractivity contribution in [3.8, 4) is 5.69 Å². The second kappa shape index (κ2) is 8.45. The van der Waals surface area contributed by atoms with Crippen LogP contribution in [-0.4, -0.2) is 37.4 Å². The highest BCUT2D eigenvalue weighted by molar-refractivity contribution is 8.00. The Morgan fingerprint density at radius 1 is 1.07 bits per heavy atom. The molecule has 3 aromatic rings. The van der Waals surface area contributed by atoms with E-state index in [0.717, 1.165) is 11.3 Å². The van der Waals surface area contributed by atoms with Crippen LogP contribution in [0.1, 0.15) is 12.5 Å². The number of urea groups is 1. The highest BCUT2D eigenvalue weighted by Crippen LogP contribution is 2.23. The number of nitrogens with one attached hydrogen (secondary N) is 2. The summed E-state index contributed by atoms with van der Waals surface area (Å²) in [6, 6.07) is 16.0. The number of anilines is 1. The van der Waals surface area contributed by atoms with Crippen molar-refractivity contribution in [2.45, 2.75) is 24.3 Å². The number of amides is 3. The molecule has 0 saturated carbocycles. The number of aryl methyl sites for hydroxylation is 1. The summed E-state index contributed by atoms with van der Waals surface area (Å²) in [6.45, 7) is 3.68. The summed E-state index contributed by atoms with van der Waals surface area (Å²) in [5.74, 6) is -0.438. The average molecular weight is 382 g/mol. The molecule has 0 saturated heterocycles. The van der Waals surface area contributed by atoms with Crippen LogP contribution in [0.3, 0.4) is 0 Å². The fourth-order valence-electron chi connectivity index (χ4n) is 2.21. The van der Waals surface area contributed by atoms with Crippen molar-refractivity contribution in [3.05, 3.63) is 60.2 Å². The third kappa shape index (κ3) is 4.91. The van der Waals surface area contributed by atoms with Crippen LogP contribution in [0.2, 0.25) is 0 Å². The first-order valence-corrected chi connectivity index (χ1v) is 9.10. The van der Waals surface area contributed by atoms with Crippen molar-refractivity contribution < 1.29 is 9.59 Å². The molecule has 9 heteroatoms. The van der Waals surface area contributed by atoms with E-state index >= 15 is 0 Å². The number of carbonyl (C=O) groups is 2. The lowest BCUT2D eigenvalue weighted by molar-refractivity contribution is -0.119. The molecule has 1 atom stereocenters. The maximum absolute atomic E-state index is 12.3. The van der Waals surface area contributed by atoms with Gasteiger partial charge in [0.05, 0.1) is 10.9 Å². The Morgan fingerprint density at radius 2 is 1.78 bits per heavy atom. The van der Waals surface area contributed by atoms with E-state index < -0.39 is 17.2 Å². The van der Waals surface area contributed by atoms with Gasteiger partial charge in [-0.25, -0.2) is 4.79 Å². The largest absolute Gasteiger partial charge is 0.325 e. The van der Waals surface area contributed by atoms with Crippen molar-refractivity contribution >= 4 is 29.4 Å². The minimum atomic E-state index is -0.586. The number of carbonyl (C=O) groups excluding carboxylic acids is 2. The molecule has 0 bridgehead atoms. The lowest BCUT2D eigenvalue weighted by atomic mass is 10.2. The summed E-state index contributed by atoms with van der Waals surface area (Å²) < 4.78 is 1.55. The van der Waals surface area contributed by atoms with E-state index in [4.69, 9.17) is 0 Å². The predicted octanol–water partition coefficient (Wildman–Crippen LogP) is 2.80. The maximum Gasteiger partial charge on any atom is 0.325 e. The number of hydrogen-bond acceptors (Lipinski definition) is 6. The fourth-order valence-corrected chi connectivity index (χ4v) is 3.02. The topological polar surface area (TPSA) is 102 Å². The van der Waals surface area contributed by atoms with Crippen molar-refractivity contribution in [1.82, 2.24) is 25.5 Å². The van der Waals surface area contributed by atoms with Crippen LogP contribution >= 0.6 is 11.8 Å². The number of rotatable bonds is 5. The second-order valence-corrected chi connectivity index (χ2v) is 7.09. The summed E-state index contributed by atoms with van der Waals surface area (Å²) in [5.41, 5.74) is 2.52. The molecule has 8 nitrogen and oxygen atoms in total. The number of aromatic nitrogens is 4. The van der Waals surface area contributed by atoms with E-state index in [1.807, 2.05) is 37.3 Å². The Bertz CT molecular complexity index is 927. The van der Waals surface area contributed by atoms with Gasteiger partial charge in [-0.3, -0.25) is 10.1 Å². The molecule has 0 spiro atoms. The molecule has 1 aromatic heterocycles. The Hall–Kier alpha value is -3.20. The Morgan fingerprint density at radius 3 is 2.48 bits per heavy atom. The van der Waals surface area contributed by atoms with E-state index in [1.165, 1.54) is 11.8 Å². The molecule has 27 heavy (non-hydrogen) atoms. The number of thioether (sulfide) groups is 1. The monoisotopic (exact) mass is 382 g/mol. The number of hydrogen-bond donors (Lipinski definition) is 2. The quantitative estimate of drug-likeness (QED) is 0.658. The SMILES string of the molecule is Cc1ccc(-n2nnnc2SC(C)C(=O)NC(=O)Nc2ccccc2)cc1. The van der Waals surface area contributed by atoms with E-state index in [2.05, 4.69) is 26.2 Å². The van der Waals surface area contributed by atoms with Gasteiger partial charge in [0.2, 0.25) is 11.1 Å². The molecule has 0 radical (unpaired) electrons. The molecule has 3 amide bonds. The molecule has 2 N–H and O–H groups in total. The molecule has 1 heterocycles. The van der Waals surface area contributed by atoms with Crippen molar-refractivity contribution in [1.29, 1.82) is 0 Å². The smallest absolute Gasteiger partial charge is 0.308 e. The third-order valence-electron chi connectivity index (χ3n) is 3.64. The van der Waals surface area contributed by atoms with Gasteiger partial charge >= 0.3 is 6.03 Å². The first-order chi connectivity index (χ1) is 13.0. The number of nitrogens with zero attached hydrogens (tertiary/aromatic N) is 4. The van der Waals surface area contributed by atoms with Crippen LogP contribution in [0.15, 0.2) is 59.8 Å². The van der Waals surface area contributed by atoms with E-state index in [9.17, 15) is 9.59 Å². The lowest BCUT2D eigenvalue weighted by Crippen LogP contribution is -2.38. The molecule has 0 aliphatic rings. The van der Waals surface area contributed by atoms with Gasteiger partial charge in [-0.15, -0.1) is 5.10 Å². The van der Waals surface area contributed by atoms with Gasteiger partial charge in [0, 0.05) is 5.69 Å². The molecule has 2 aromatic carbocycles. The van der Waals surface area contributed by atoms with E-state index in [1.54, 1.807) is 35.9 Å². The van der Waals surface area contributed by atoms with E-state index in [-0.39, 0.29) is 0 Å². The Kier molecular flexibility index (Phi) is 5.82. The molecular formula is C18H18N6O2S. The zero-order chi connectivity index (χ0) is 19.2. The van der Waals surface area contributed by atoms with Crippen LogP contribution in [0.25, 0.3) is 5.69 Å². The number of imide groups is 1. The zero-order valence-corrected chi connectivity index (χ0v) is 15.6. The summed E-state index contributed by atoms with van der Waals surface area (Å²) in [5, 5.41) is 16.4. The van der Waals surface area contributed by atoms with Gasteiger partial charge in [-0.1, -0.05) is 47.7 Å². The summed E-state index contributed by atoms with van der Waals surface area (Å²) in [4.78, 5) is 24.2. The molecule has 138 valence electrons. The standard InChI is InChI=1S/C18H18N6O2S/c1-12-8-10-15(11-9-12)24-18(21-22-23-24)27-13(2)16(25)20-17(26)19-14-6-4-3-5-7-14/h3-11,13H,1-2H3,(H2,19,20,25,26). The first kappa shape index (κ1) is 18.6. The van der Waals surface area contributed by atoms with Crippen molar-refractivity contribution in [3.63, 3.8) is 0 Å². The molecule has 0 aliphatic heterocycles. The number of para-hydroxylation sites is 1. The zero-order valence-electron chi connectivity index (χ0n) is 14.8. The minimum absolute atomic E-state index is 0.438. The van der Waals surface area contributed by atoms with Crippen LogP contribution in [0.4, 0.5) is 10.5 Å². The number of benzene rings is 2. The van der Waals surface area contributed by atoms with Gasteiger partial charge in [0.1, 0.15) is 0 Å². The highest BCUT2D eigenvalue weighted by Gasteiger charge is 2.21. The van der Waals surface area contributed by atoms with Crippen molar-refractivity contribution in [2.24, 2.45) is 0 Å². The van der Waals surface area contributed by atoms with Crippen LogP contribution in [-0.2, 0) is 4.79 Å². The van der Waals surface area contributed by atoms with Gasteiger partial charge in [0.15, 0.2) is 0 Å². The van der Waals surface area contributed by atoms with E-state index in [0.29, 0.717) is 10.8 Å². The van der Waals surface area contributed by atoms with Crippen molar-refractivity contribution in [2.75, 3.05) is 5.32 Å². The van der Waals surface area contributed by atoms with Gasteiger partial charge in [-0.05, 0) is 48.5 Å². The third-order valence-corrected chi connectivity index (χ3v) is 4.67. The Labute approximate surface area is 160 Å². The summed E-state index contributed by atoms with van der Waals surface area (Å²) >= 11 is 1.17. The summed E-state index contributed by atoms with van der Waals surface area (Å²) in [6.07, 6.45) is 0. The minimum Gasteiger partial charge on any atom is -0.308 e. The first-order valence-electron chi connectivity index (χ1n) is 8.22. The van der Waals surface area contributed by atoms with Crippen LogP contribution in [0.5, 0.6) is 0 Å². The summed E-state index contributed by atoms with van der Waals surface area (Å²) in [7, 11) is 0. The Balaban J connectivity index is 1.61. The highest BCUT2D eigenvalue weighted by atomic mass is 32.2. The molecule has 3 rings (SSSR count). The molecule has 0 fully saturated rings. The fraction of sp³-hybridized carbons (Fsp3) is 0.167. The predicted molar refractivity (Wildman–Crippen MR) is 103 cm³/mol. The van der Waals surface area contributed by atoms with Gasteiger partial charge in [-0.2, -0.15) is 4.68 Å².